The standard InChI is InChI=1S/C25H30ClFO7/c1-21(2)33-19-10-16-15-6-5-13-9-14(28)7-8-22(13,3)24(15,27)17(29)11-23(16,4)25(19,34-21)18(30)12-32-20(26)31/h7-9,15-17,19,29H,5-6,10-12H2,1-4H3/t15?,16?,17-,19+,22-,23-,24-,25+/m0/s1. The summed E-state index contributed by atoms with van der Waals surface area (Å²) in [6.45, 7) is 6.39. The highest BCUT2D eigenvalue weighted by Gasteiger charge is 2.80. The summed E-state index contributed by atoms with van der Waals surface area (Å²) in [6, 6.07) is 0. The zero-order chi connectivity index (χ0) is 24.9. The van der Waals surface area contributed by atoms with Gasteiger partial charge in [0.2, 0.25) is 5.78 Å². The summed E-state index contributed by atoms with van der Waals surface area (Å²) in [5, 5.41) is 11.5. The van der Waals surface area contributed by atoms with Gasteiger partial charge in [-0.15, -0.1) is 0 Å². The molecule has 1 aliphatic heterocycles. The molecule has 3 saturated carbocycles. The normalized spacial score (nSPS) is 48.3. The van der Waals surface area contributed by atoms with Crippen LogP contribution in [0.1, 0.15) is 53.4 Å². The molecule has 0 aromatic heterocycles. The molecule has 5 rings (SSSR count). The molecule has 186 valence electrons. The first-order valence-electron chi connectivity index (χ1n) is 11.8. The Labute approximate surface area is 202 Å². The zero-order valence-electron chi connectivity index (χ0n) is 19.7. The predicted octanol–water partition coefficient (Wildman–Crippen LogP) is 3.80. The summed E-state index contributed by atoms with van der Waals surface area (Å²) >= 11 is 5.31. The van der Waals surface area contributed by atoms with Crippen LogP contribution >= 0.6 is 11.6 Å². The number of ether oxygens (including phenoxy) is 3. The minimum absolute atomic E-state index is 0.0498. The number of fused-ring (bicyclic) bond motifs is 7. The molecule has 8 atom stereocenters. The highest BCUT2D eigenvalue weighted by Crippen LogP contribution is 2.72. The van der Waals surface area contributed by atoms with E-state index in [0.29, 0.717) is 24.8 Å². The van der Waals surface area contributed by atoms with Gasteiger partial charge in [0.05, 0.1) is 12.2 Å². The molecule has 0 amide bonds. The molecule has 2 unspecified atom stereocenters. The van der Waals surface area contributed by atoms with Crippen molar-refractivity contribution in [1.82, 2.24) is 0 Å². The molecule has 0 spiro atoms. The van der Waals surface area contributed by atoms with E-state index in [4.69, 9.17) is 25.8 Å². The number of alkyl halides is 1. The molecule has 4 aliphatic carbocycles. The van der Waals surface area contributed by atoms with Gasteiger partial charge in [-0.25, -0.2) is 9.18 Å². The van der Waals surface area contributed by atoms with E-state index in [1.165, 1.54) is 12.2 Å². The second-order valence-corrected chi connectivity index (χ2v) is 11.6. The quantitative estimate of drug-likeness (QED) is 0.593. The van der Waals surface area contributed by atoms with Gasteiger partial charge in [0.25, 0.3) is 0 Å². The molecule has 1 heterocycles. The summed E-state index contributed by atoms with van der Waals surface area (Å²) in [4.78, 5) is 36.8. The first kappa shape index (κ1) is 24.1. The van der Waals surface area contributed by atoms with Gasteiger partial charge in [0, 0.05) is 28.3 Å². The van der Waals surface area contributed by atoms with Crippen LogP contribution in [0.4, 0.5) is 9.18 Å². The summed E-state index contributed by atoms with van der Waals surface area (Å²) in [5.74, 6) is -2.71. The van der Waals surface area contributed by atoms with Crippen LogP contribution in [-0.4, -0.2) is 58.0 Å². The van der Waals surface area contributed by atoms with E-state index >= 15 is 4.39 Å². The van der Waals surface area contributed by atoms with E-state index in [1.807, 2.05) is 6.92 Å². The number of allylic oxidation sites excluding steroid dienone is 4. The van der Waals surface area contributed by atoms with Crippen LogP contribution < -0.4 is 0 Å². The van der Waals surface area contributed by atoms with Crippen LogP contribution in [0, 0.1) is 22.7 Å². The van der Waals surface area contributed by atoms with Crippen molar-refractivity contribution in [3.05, 3.63) is 23.8 Å². The molecular weight excluding hydrogens is 467 g/mol. The first-order chi connectivity index (χ1) is 15.7. The van der Waals surface area contributed by atoms with Crippen molar-refractivity contribution in [2.75, 3.05) is 6.61 Å². The Bertz CT molecular complexity index is 1040. The Kier molecular flexibility index (Phi) is 5.11. The minimum atomic E-state index is -2.03. The molecule has 0 bridgehead atoms. The Morgan fingerprint density at radius 3 is 2.65 bits per heavy atom. The molecule has 34 heavy (non-hydrogen) atoms. The van der Waals surface area contributed by atoms with E-state index in [1.54, 1.807) is 26.8 Å². The van der Waals surface area contributed by atoms with Crippen LogP contribution in [0.3, 0.4) is 0 Å². The fraction of sp³-hybridized carbons (Fsp3) is 0.720. The van der Waals surface area contributed by atoms with Gasteiger partial charge in [-0.05, 0) is 64.5 Å². The lowest BCUT2D eigenvalue weighted by Crippen LogP contribution is -2.70. The number of Topliss-reactive ketones (excluding diaryl/α,β-unsaturated/α-hetero) is 1. The van der Waals surface area contributed by atoms with E-state index in [9.17, 15) is 19.5 Å². The van der Waals surface area contributed by atoms with Gasteiger partial charge in [0.1, 0.15) is 0 Å². The average Bonchev–Trinajstić information content (AvgIpc) is 3.14. The highest BCUT2D eigenvalue weighted by atomic mass is 35.5. The largest absolute Gasteiger partial charge is 0.446 e. The smallest absolute Gasteiger partial charge is 0.404 e. The fourth-order valence-corrected chi connectivity index (χ4v) is 8.09. The number of halogens is 2. The molecule has 1 N–H and O–H groups in total. The molecule has 1 saturated heterocycles. The molecule has 0 radical (unpaired) electrons. The summed E-state index contributed by atoms with van der Waals surface area (Å²) in [5.41, 5.74) is -6.08. The maximum absolute atomic E-state index is 17.3. The van der Waals surface area contributed by atoms with Crippen molar-refractivity contribution in [3.8, 4) is 0 Å². The zero-order valence-corrected chi connectivity index (χ0v) is 20.5. The summed E-state index contributed by atoms with van der Waals surface area (Å²) in [6.07, 6.45) is 3.60. The van der Waals surface area contributed by atoms with Gasteiger partial charge < -0.3 is 19.3 Å². The lowest BCUT2D eigenvalue weighted by Gasteiger charge is -2.62. The first-order valence-corrected chi connectivity index (χ1v) is 12.1. The number of aliphatic hydroxyl groups is 1. The van der Waals surface area contributed by atoms with Crippen LogP contribution in [0.15, 0.2) is 23.8 Å². The lowest BCUT2D eigenvalue weighted by atomic mass is 9.44. The van der Waals surface area contributed by atoms with Crippen molar-refractivity contribution in [3.63, 3.8) is 0 Å². The number of carbonyl (C=O) groups is 3. The van der Waals surface area contributed by atoms with Gasteiger partial charge in [-0.2, -0.15) is 0 Å². The third kappa shape index (κ3) is 2.83. The van der Waals surface area contributed by atoms with Crippen LogP contribution in [0.5, 0.6) is 0 Å². The Morgan fingerprint density at radius 2 is 1.97 bits per heavy atom. The van der Waals surface area contributed by atoms with Gasteiger partial charge in [0.15, 0.2) is 29.4 Å². The van der Waals surface area contributed by atoms with E-state index in [-0.39, 0.29) is 18.1 Å². The SMILES string of the molecule is CC1(C)O[C@@H]2CC3C4CCC5=CC(=O)C=C[C@]5(C)[C@@]4(F)[C@@H](O)C[C@]3(C)[C@]2(C(=O)COC(=O)Cl)O1. The predicted molar refractivity (Wildman–Crippen MR) is 119 cm³/mol. The maximum atomic E-state index is 17.3. The molecule has 0 aromatic carbocycles. The topological polar surface area (TPSA) is 99.1 Å². The fourth-order valence-electron chi connectivity index (χ4n) is 8.04. The highest BCUT2D eigenvalue weighted by molar-refractivity contribution is 6.61. The average molecular weight is 497 g/mol. The number of ketones is 2. The molecule has 4 fully saturated rings. The Hall–Kier alpha value is -1.61. The van der Waals surface area contributed by atoms with Crippen LogP contribution in [-0.2, 0) is 23.8 Å². The van der Waals surface area contributed by atoms with E-state index in [0.717, 1.165) is 0 Å². The Balaban J connectivity index is 1.60. The molecule has 7 nitrogen and oxygen atoms in total. The van der Waals surface area contributed by atoms with Gasteiger partial charge >= 0.3 is 5.43 Å². The monoisotopic (exact) mass is 496 g/mol. The van der Waals surface area contributed by atoms with Gasteiger partial charge in [-0.1, -0.05) is 18.6 Å². The Morgan fingerprint density at radius 1 is 1.26 bits per heavy atom. The molecule has 5 aliphatic rings. The minimum Gasteiger partial charge on any atom is -0.446 e. The van der Waals surface area contributed by atoms with Crippen LogP contribution in [0.2, 0.25) is 0 Å². The van der Waals surface area contributed by atoms with Crippen molar-refractivity contribution < 1.29 is 38.1 Å². The van der Waals surface area contributed by atoms with E-state index in [2.05, 4.69) is 0 Å². The molecular formula is C25H30ClFO7. The molecule has 9 heteroatoms. The van der Waals surface area contributed by atoms with Crippen molar-refractivity contribution in [2.24, 2.45) is 22.7 Å². The van der Waals surface area contributed by atoms with Crippen molar-refractivity contribution >= 4 is 28.6 Å². The second-order valence-electron chi connectivity index (χ2n) is 11.3. The van der Waals surface area contributed by atoms with Crippen molar-refractivity contribution in [2.45, 2.75) is 82.6 Å². The summed E-state index contributed by atoms with van der Waals surface area (Å²) in [7, 11) is 0. The van der Waals surface area contributed by atoms with E-state index < -0.39 is 63.8 Å². The number of hydrogen-bond donors (Lipinski definition) is 1. The van der Waals surface area contributed by atoms with Crippen LogP contribution in [0.25, 0.3) is 0 Å². The number of hydrogen-bond acceptors (Lipinski definition) is 7. The maximum Gasteiger partial charge on any atom is 0.404 e. The summed E-state index contributed by atoms with van der Waals surface area (Å²) < 4.78 is 34.6. The number of rotatable bonds is 3. The molecule has 0 aromatic rings. The van der Waals surface area contributed by atoms with Gasteiger partial charge in [-0.3, -0.25) is 9.59 Å². The third-order valence-corrected chi connectivity index (χ3v) is 9.47. The third-order valence-electron chi connectivity index (χ3n) is 9.36. The second kappa shape index (κ2) is 7.21. The number of aliphatic hydroxyl groups excluding tert-OH is 1. The van der Waals surface area contributed by atoms with Crippen molar-refractivity contribution in [1.29, 1.82) is 0 Å². The number of carbonyl (C=O) groups excluding carboxylic acids is 3. The lowest BCUT2D eigenvalue weighted by molar-refractivity contribution is -0.246.